The summed E-state index contributed by atoms with van der Waals surface area (Å²) in [4.78, 5) is 22.9. The largest absolute Gasteiger partial charge is 0.481 e. The second-order valence-electron chi connectivity index (χ2n) is 4.95. The minimum atomic E-state index is -0.971. The fourth-order valence-corrected chi connectivity index (χ4v) is 2.14. The van der Waals surface area contributed by atoms with Gasteiger partial charge >= 0.3 is 5.97 Å². The zero-order chi connectivity index (χ0) is 13.4. The number of hydrogen-bond donors (Lipinski definition) is 2. The summed E-state index contributed by atoms with van der Waals surface area (Å²) in [6.07, 6.45) is 2.13. The zero-order valence-electron chi connectivity index (χ0n) is 10.2. The van der Waals surface area contributed by atoms with Gasteiger partial charge in [0, 0.05) is 12.0 Å². The number of carbonyl (C=O) groups is 2. The van der Waals surface area contributed by atoms with Crippen molar-refractivity contribution >= 4 is 11.9 Å². The van der Waals surface area contributed by atoms with Crippen LogP contribution in [0.15, 0.2) is 10.6 Å². The summed E-state index contributed by atoms with van der Waals surface area (Å²) in [7, 11) is 0. The monoisotopic (exact) mass is 266 g/mol. The number of nitrogens with one attached hydrogen (secondary N) is 1. The third-order valence-corrected chi connectivity index (χ3v) is 3.45. The average molecular weight is 266 g/mol. The molecule has 2 atom stereocenters. The molecule has 19 heavy (non-hydrogen) atoms. The molecule has 2 fully saturated rings. The lowest BCUT2D eigenvalue weighted by molar-refractivity contribution is -0.142. The van der Waals surface area contributed by atoms with E-state index in [-0.39, 0.29) is 18.9 Å². The zero-order valence-corrected chi connectivity index (χ0v) is 10.2. The third kappa shape index (κ3) is 2.46. The molecule has 102 valence electrons. The van der Waals surface area contributed by atoms with Crippen molar-refractivity contribution in [3.63, 3.8) is 0 Å². The van der Waals surface area contributed by atoms with E-state index in [1.807, 2.05) is 0 Å². The van der Waals surface area contributed by atoms with Crippen molar-refractivity contribution in [1.82, 2.24) is 10.5 Å². The van der Waals surface area contributed by atoms with Gasteiger partial charge in [0.25, 0.3) is 5.91 Å². The lowest BCUT2D eigenvalue weighted by Gasteiger charge is -2.14. The Hall–Kier alpha value is -1.89. The molecular weight excluding hydrogens is 252 g/mol. The number of carboxylic acids is 1. The van der Waals surface area contributed by atoms with Gasteiger partial charge < -0.3 is 19.7 Å². The summed E-state index contributed by atoms with van der Waals surface area (Å²) in [5.41, 5.74) is 0.193. The van der Waals surface area contributed by atoms with E-state index < -0.39 is 23.8 Å². The molecule has 0 spiro atoms. The van der Waals surface area contributed by atoms with Crippen LogP contribution in [-0.2, 0) is 9.53 Å². The molecule has 1 aliphatic heterocycles. The van der Waals surface area contributed by atoms with Gasteiger partial charge in [-0.25, -0.2) is 0 Å². The quantitative estimate of drug-likeness (QED) is 0.817. The molecule has 7 nitrogen and oxygen atoms in total. The van der Waals surface area contributed by atoms with Gasteiger partial charge in [-0.05, 0) is 12.8 Å². The molecule has 3 rings (SSSR count). The maximum Gasteiger partial charge on any atom is 0.311 e. The minimum absolute atomic E-state index is 0.117. The Labute approximate surface area is 108 Å². The molecule has 1 aromatic rings. The molecule has 0 radical (unpaired) electrons. The van der Waals surface area contributed by atoms with Crippen molar-refractivity contribution in [3.8, 4) is 0 Å². The highest BCUT2D eigenvalue weighted by molar-refractivity contribution is 5.92. The van der Waals surface area contributed by atoms with Crippen LogP contribution in [0.3, 0.4) is 0 Å². The van der Waals surface area contributed by atoms with E-state index in [1.54, 1.807) is 6.07 Å². The second-order valence-corrected chi connectivity index (χ2v) is 4.95. The molecule has 0 bridgehead atoms. The third-order valence-electron chi connectivity index (χ3n) is 3.45. The van der Waals surface area contributed by atoms with Gasteiger partial charge in [0.2, 0.25) is 0 Å². The summed E-state index contributed by atoms with van der Waals surface area (Å²) in [6.45, 7) is 0.322. The van der Waals surface area contributed by atoms with Crippen LogP contribution in [-0.4, -0.2) is 41.4 Å². The summed E-state index contributed by atoms with van der Waals surface area (Å²) in [5, 5.41) is 15.3. The minimum Gasteiger partial charge on any atom is -0.481 e. The highest BCUT2D eigenvalue weighted by Crippen LogP contribution is 2.40. The molecular formula is C12H14N2O5. The smallest absolute Gasteiger partial charge is 0.311 e. The summed E-state index contributed by atoms with van der Waals surface area (Å²) in [5.74, 6) is -0.990. The van der Waals surface area contributed by atoms with Gasteiger partial charge in [-0.1, -0.05) is 5.16 Å². The van der Waals surface area contributed by atoms with Crippen molar-refractivity contribution in [1.29, 1.82) is 0 Å². The first-order chi connectivity index (χ1) is 9.15. The van der Waals surface area contributed by atoms with E-state index in [4.69, 9.17) is 14.4 Å². The summed E-state index contributed by atoms with van der Waals surface area (Å²) in [6, 6.07) is 1.10. The van der Waals surface area contributed by atoms with Crippen LogP contribution < -0.4 is 5.32 Å². The van der Waals surface area contributed by atoms with Crippen molar-refractivity contribution in [2.45, 2.75) is 24.8 Å². The molecule has 7 heteroatoms. The lowest BCUT2D eigenvalue weighted by Crippen LogP contribution is -2.42. The van der Waals surface area contributed by atoms with Crippen LogP contribution in [0, 0.1) is 5.92 Å². The molecule has 1 amide bonds. The Kier molecular flexibility index (Phi) is 2.98. The molecule has 1 aliphatic carbocycles. The van der Waals surface area contributed by atoms with Crippen LogP contribution in [0.1, 0.15) is 35.0 Å². The molecule has 1 aromatic heterocycles. The number of rotatable bonds is 4. The molecule has 2 N–H and O–H groups in total. The Morgan fingerprint density at radius 1 is 1.37 bits per heavy atom. The Morgan fingerprint density at radius 3 is 2.84 bits per heavy atom. The van der Waals surface area contributed by atoms with Crippen LogP contribution >= 0.6 is 0 Å². The van der Waals surface area contributed by atoms with Gasteiger partial charge in [0.1, 0.15) is 11.7 Å². The number of carboxylic acid groups (broad SMARTS) is 1. The number of aromatic nitrogens is 1. The summed E-state index contributed by atoms with van der Waals surface area (Å²) < 4.78 is 10.2. The molecule has 2 heterocycles. The van der Waals surface area contributed by atoms with Crippen molar-refractivity contribution < 1.29 is 24.0 Å². The SMILES string of the molecule is O=C(NC1COCC1C(=O)O)c1cc(C2CC2)on1. The van der Waals surface area contributed by atoms with Crippen LogP contribution in [0.25, 0.3) is 0 Å². The Morgan fingerprint density at radius 2 is 2.16 bits per heavy atom. The first-order valence-electron chi connectivity index (χ1n) is 6.23. The summed E-state index contributed by atoms with van der Waals surface area (Å²) >= 11 is 0. The average Bonchev–Trinajstić information content (AvgIpc) is 2.92. The molecule has 2 unspecified atom stereocenters. The second kappa shape index (κ2) is 4.65. The van der Waals surface area contributed by atoms with Crippen molar-refractivity contribution in [2.75, 3.05) is 13.2 Å². The first kappa shape index (κ1) is 12.2. The number of carbonyl (C=O) groups excluding carboxylic acids is 1. The Bertz CT molecular complexity index is 508. The lowest BCUT2D eigenvalue weighted by atomic mass is 10.0. The number of amides is 1. The number of ether oxygens (including phenoxy) is 1. The van der Waals surface area contributed by atoms with Gasteiger partial charge in [-0.2, -0.15) is 0 Å². The van der Waals surface area contributed by atoms with Crippen molar-refractivity contribution in [2.24, 2.45) is 5.92 Å². The van der Waals surface area contributed by atoms with E-state index in [0.717, 1.165) is 18.6 Å². The molecule has 0 aromatic carbocycles. The fourth-order valence-electron chi connectivity index (χ4n) is 2.14. The Balaban J connectivity index is 1.64. The number of aliphatic carboxylic acids is 1. The van der Waals surface area contributed by atoms with Gasteiger partial charge in [-0.3, -0.25) is 9.59 Å². The van der Waals surface area contributed by atoms with E-state index in [2.05, 4.69) is 10.5 Å². The predicted molar refractivity (Wildman–Crippen MR) is 61.7 cm³/mol. The van der Waals surface area contributed by atoms with E-state index in [1.165, 1.54) is 0 Å². The van der Waals surface area contributed by atoms with Crippen molar-refractivity contribution in [3.05, 3.63) is 17.5 Å². The van der Waals surface area contributed by atoms with E-state index in [0.29, 0.717) is 5.92 Å². The highest BCUT2D eigenvalue weighted by Gasteiger charge is 2.36. The predicted octanol–water partition coefficient (Wildman–Crippen LogP) is 0.381. The number of nitrogens with zero attached hydrogens (tertiary/aromatic N) is 1. The normalized spacial score (nSPS) is 26.3. The topological polar surface area (TPSA) is 102 Å². The number of hydrogen-bond acceptors (Lipinski definition) is 5. The molecule has 1 saturated carbocycles. The highest BCUT2D eigenvalue weighted by atomic mass is 16.5. The van der Waals surface area contributed by atoms with E-state index >= 15 is 0 Å². The standard InChI is InChI=1S/C12H14N2O5/c15-11(8-3-10(19-14-8)6-1-2-6)13-9-5-18-4-7(9)12(16)17/h3,6-7,9H,1-2,4-5H2,(H,13,15)(H,16,17). The van der Waals surface area contributed by atoms with Crippen LogP contribution in [0.2, 0.25) is 0 Å². The van der Waals surface area contributed by atoms with Gasteiger partial charge in [-0.15, -0.1) is 0 Å². The maximum atomic E-state index is 11.9. The van der Waals surface area contributed by atoms with Crippen LogP contribution in [0.4, 0.5) is 0 Å². The van der Waals surface area contributed by atoms with Gasteiger partial charge in [0.05, 0.1) is 19.3 Å². The molecule has 1 saturated heterocycles. The van der Waals surface area contributed by atoms with E-state index in [9.17, 15) is 9.59 Å². The fraction of sp³-hybridized carbons (Fsp3) is 0.583. The van der Waals surface area contributed by atoms with Gasteiger partial charge in [0.15, 0.2) is 5.69 Å². The molecule has 2 aliphatic rings. The van der Waals surface area contributed by atoms with Crippen LogP contribution in [0.5, 0.6) is 0 Å². The first-order valence-corrected chi connectivity index (χ1v) is 6.23. The maximum absolute atomic E-state index is 11.9.